The highest BCUT2D eigenvalue weighted by atomic mass is 79.9. The Labute approximate surface area is 171 Å². The van der Waals surface area contributed by atoms with Crippen molar-refractivity contribution in [2.45, 2.75) is 12.5 Å². The Kier molecular flexibility index (Phi) is 5.21. The molecule has 0 saturated carbocycles. The highest BCUT2D eigenvalue weighted by Crippen LogP contribution is 2.25. The van der Waals surface area contributed by atoms with E-state index in [0.29, 0.717) is 5.69 Å². The second-order valence-electron chi connectivity index (χ2n) is 6.93. The van der Waals surface area contributed by atoms with Crippen molar-refractivity contribution >= 4 is 50.7 Å². The highest BCUT2D eigenvalue weighted by molar-refractivity contribution is 9.10. The topological polar surface area (TPSA) is 45.1 Å². The molecule has 2 aliphatic heterocycles. The van der Waals surface area contributed by atoms with Gasteiger partial charge in [-0.3, -0.25) is 9.59 Å². The minimum absolute atomic E-state index is 0.0898. The molecule has 0 bridgehead atoms. The van der Waals surface area contributed by atoms with Gasteiger partial charge in [-0.25, -0.2) is 4.90 Å². The molecule has 0 aliphatic carbocycles. The first kappa shape index (κ1) is 18.5. The van der Waals surface area contributed by atoms with Gasteiger partial charge in [0.2, 0.25) is 5.91 Å². The van der Waals surface area contributed by atoms with Crippen molar-refractivity contribution < 1.29 is 14.5 Å². The zero-order valence-corrected chi connectivity index (χ0v) is 17.0. The number of carbonyl (C=O) groups excluding carboxylic acids is 2. The van der Waals surface area contributed by atoms with Gasteiger partial charge in [0, 0.05) is 15.2 Å². The number of benzene rings is 2. The van der Waals surface area contributed by atoms with Gasteiger partial charge in [0.05, 0.1) is 38.3 Å². The molecule has 140 valence electrons. The van der Waals surface area contributed by atoms with Crippen molar-refractivity contribution in [1.82, 2.24) is 0 Å². The van der Waals surface area contributed by atoms with Crippen LogP contribution in [-0.4, -0.2) is 44.0 Å². The Balaban J connectivity index is 1.44. The summed E-state index contributed by atoms with van der Waals surface area (Å²) >= 11 is 9.37. The molecular formula is C20H20BrClN3O2+. The maximum Gasteiger partial charge on any atom is 0.292 e. The summed E-state index contributed by atoms with van der Waals surface area (Å²) in [6.45, 7) is 3.37. The molecule has 0 radical (unpaired) electrons. The molecular weight excluding hydrogens is 430 g/mol. The predicted octanol–water partition coefficient (Wildman–Crippen LogP) is 2.14. The molecule has 0 aromatic heterocycles. The van der Waals surface area contributed by atoms with Crippen LogP contribution in [0.5, 0.6) is 0 Å². The number of rotatable bonds is 3. The fraction of sp³-hybridized carbons (Fsp3) is 0.300. The number of nitrogens with one attached hydrogen (secondary N) is 1. The number of piperazine rings is 1. The number of hydrogen-bond acceptors (Lipinski definition) is 3. The van der Waals surface area contributed by atoms with Crippen molar-refractivity contribution in [2.75, 3.05) is 36.0 Å². The van der Waals surface area contributed by atoms with Crippen LogP contribution in [0.4, 0.5) is 11.4 Å². The Hall–Kier alpha value is -1.89. The van der Waals surface area contributed by atoms with Crippen LogP contribution < -0.4 is 14.7 Å². The molecule has 2 saturated heterocycles. The number of hydrogen-bond donors (Lipinski definition) is 1. The van der Waals surface area contributed by atoms with Crippen LogP contribution in [-0.2, 0) is 9.59 Å². The molecule has 2 fully saturated rings. The maximum absolute atomic E-state index is 13.0. The molecule has 2 aliphatic rings. The van der Waals surface area contributed by atoms with Crippen LogP contribution >= 0.6 is 27.5 Å². The van der Waals surface area contributed by atoms with E-state index in [9.17, 15) is 9.59 Å². The monoisotopic (exact) mass is 448 g/mol. The second-order valence-corrected chi connectivity index (χ2v) is 8.28. The Morgan fingerprint density at radius 3 is 2.37 bits per heavy atom. The van der Waals surface area contributed by atoms with Crippen molar-refractivity contribution in [3.63, 3.8) is 0 Å². The van der Waals surface area contributed by atoms with Crippen LogP contribution in [0.15, 0.2) is 53.0 Å². The van der Waals surface area contributed by atoms with Gasteiger partial charge >= 0.3 is 0 Å². The highest BCUT2D eigenvalue weighted by Gasteiger charge is 2.46. The SMILES string of the molecule is O=C1C[C@H]([NH+]2CCN(c3ccc(Cl)cc3)CC2)C(=O)N1c1cccc(Br)c1. The number of nitrogens with zero attached hydrogens (tertiary/aromatic N) is 2. The van der Waals surface area contributed by atoms with E-state index in [2.05, 4.69) is 20.8 Å². The lowest BCUT2D eigenvalue weighted by Gasteiger charge is -2.35. The van der Waals surface area contributed by atoms with Gasteiger partial charge in [-0.05, 0) is 42.5 Å². The zero-order chi connectivity index (χ0) is 19.0. The number of imide groups is 1. The summed E-state index contributed by atoms with van der Waals surface area (Å²) in [6.07, 6.45) is 0.279. The molecule has 27 heavy (non-hydrogen) atoms. The van der Waals surface area contributed by atoms with Gasteiger partial charge in [0.15, 0.2) is 6.04 Å². The minimum Gasteiger partial charge on any atom is -0.360 e. The van der Waals surface area contributed by atoms with Gasteiger partial charge in [0.1, 0.15) is 0 Å². The lowest BCUT2D eigenvalue weighted by Crippen LogP contribution is -3.19. The average molecular weight is 450 g/mol. The summed E-state index contributed by atoms with van der Waals surface area (Å²) in [5.74, 6) is -0.205. The van der Waals surface area contributed by atoms with Gasteiger partial charge in [-0.1, -0.05) is 33.6 Å². The largest absolute Gasteiger partial charge is 0.360 e. The van der Waals surface area contributed by atoms with Crippen molar-refractivity contribution in [2.24, 2.45) is 0 Å². The predicted molar refractivity (Wildman–Crippen MR) is 109 cm³/mol. The van der Waals surface area contributed by atoms with Crippen molar-refractivity contribution in [3.05, 3.63) is 58.0 Å². The molecule has 2 heterocycles. The summed E-state index contributed by atoms with van der Waals surface area (Å²) in [7, 11) is 0. The van der Waals surface area contributed by atoms with Crippen molar-refractivity contribution in [3.8, 4) is 0 Å². The third-order valence-electron chi connectivity index (χ3n) is 5.30. The molecule has 2 aromatic carbocycles. The van der Waals surface area contributed by atoms with E-state index in [1.165, 1.54) is 9.80 Å². The van der Waals surface area contributed by atoms with Crippen LogP contribution in [0.25, 0.3) is 0 Å². The van der Waals surface area contributed by atoms with E-state index in [1.807, 2.05) is 42.5 Å². The number of quaternary nitrogens is 1. The molecule has 2 aromatic rings. The third kappa shape index (κ3) is 3.74. The molecule has 2 amide bonds. The van der Waals surface area contributed by atoms with Gasteiger partial charge in [-0.15, -0.1) is 0 Å². The number of carbonyl (C=O) groups is 2. The second kappa shape index (κ2) is 7.62. The fourth-order valence-corrected chi connectivity index (χ4v) is 4.40. The van der Waals surface area contributed by atoms with Crippen LogP contribution in [0.1, 0.15) is 6.42 Å². The van der Waals surface area contributed by atoms with Crippen LogP contribution in [0.2, 0.25) is 5.02 Å². The van der Waals surface area contributed by atoms with Crippen molar-refractivity contribution in [1.29, 1.82) is 0 Å². The molecule has 0 spiro atoms. The average Bonchev–Trinajstić information content (AvgIpc) is 2.97. The molecule has 1 atom stereocenters. The Morgan fingerprint density at radius 2 is 1.70 bits per heavy atom. The first-order valence-electron chi connectivity index (χ1n) is 9.00. The first-order valence-corrected chi connectivity index (χ1v) is 10.2. The summed E-state index contributed by atoms with van der Waals surface area (Å²) in [5.41, 5.74) is 1.78. The fourth-order valence-electron chi connectivity index (χ4n) is 3.89. The first-order chi connectivity index (χ1) is 13.0. The zero-order valence-electron chi connectivity index (χ0n) is 14.7. The molecule has 7 heteroatoms. The van der Waals surface area contributed by atoms with Crippen LogP contribution in [0.3, 0.4) is 0 Å². The number of anilines is 2. The standard InChI is InChI=1S/C20H19BrClN3O2/c21-14-2-1-3-17(12-14)25-19(26)13-18(20(25)27)24-10-8-23(9-11-24)16-6-4-15(22)5-7-16/h1-7,12,18H,8-11,13H2/p+1/t18-/m0/s1. The summed E-state index contributed by atoms with van der Waals surface area (Å²) in [6, 6.07) is 14.9. The summed E-state index contributed by atoms with van der Waals surface area (Å²) in [4.78, 5) is 30.3. The molecule has 1 N–H and O–H groups in total. The van der Waals surface area contributed by atoms with Gasteiger partial charge in [0.25, 0.3) is 5.91 Å². The lowest BCUT2D eigenvalue weighted by atomic mass is 10.1. The van der Waals surface area contributed by atoms with E-state index < -0.39 is 0 Å². The molecule has 0 unspecified atom stereocenters. The van der Waals surface area contributed by atoms with Crippen LogP contribution in [0, 0.1) is 0 Å². The molecule has 4 rings (SSSR count). The van der Waals surface area contributed by atoms with E-state index in [0.717, 1.165) is 41.4 Å². The summed E-state index contributed by atoms with van der Waals surface area (Å²) in [5, 5.41) is 0.728. The number of halogens is 2. The normalized spacial score (nSPS) is 21.2. The maximum atomic E-state index is 13.0. The van der Waals surface area contributed by atoms with Gasteiger partial charge in [-0.2, -0.15) is 0 Å². The Morgan fingerprint density at radius 1 is 1.00 bits per heavy atom. The van der Waals surface area contributed by atoms with E-state index in [4.69, 9.17) is 11.6 Å². The lowest BCUT2D eigenvalue weighted by molar-refractivity contribution is -0.915. The quantitative estimate of drug-likeness (QED) is 0.730. The third-order valence-corrected chi connectivity index (χ3v) is 6.05. The molecule has 5 nitrogen and oxygen atoms in total. The van der Waals surface area contributed by atoms with E-state index in [-0.39, 0.29) is 24.3 Å². The Bertz CT molecular complexity index is 866. The van der Waals surface area contributed by atoms with Gasteiger partial charge < -0.3 is 9.80 Å². The minimum atomic E-state index is -0.288. The van der Waals surface area contributed by atoms with E-state index in [1.54, 1.807) is 6.07 Å². The smallest absolute Gasteiger partial charge is 0.292 e. The van der Waals surface area contributed by atoms with E-state index >= 15 is 0 Å². The summed E-state index contributed by atoms with van der Waals surface area (Å²) < 4.78 is 0.855. The number of amides is 2.